The van der Waals surface area contributed by atoms with E-state index in [1.54, 1.807) is 0 Å². The van der Waals surface area contributed by atoms with Crippen LogP contribution in [0.5, 0.6) is 0 Å². The van der Waals surface area contributed by atoms with E-state index in [2.05, 4.69) is 4.72 Å². The Kier molecular flexibility index (Phi) is 5.58. The fourth-order valence-corrected chi connectivity index (χ4v) is 3.01. The summed E-state index contributed by atoms with van der Waals surface area (Å²) >= 11 is 0. The van der Waals surface area contributed by atoms with Gasteiger partial charge in [-0.2, -0.15) is 0 Å². The summed E-state index contributed by atoms with van der Waals surface area (Å²) in [5.41, 5.74) is -0.762. The molecule has 0 aliphatic heterocycles. The van der Waals surface area contributed by atoms with Crippen LogP contribution in [0, 0.1) is 21.8 Å². The Labute approximate surface area is 117 Å². The molecule has 8 heteroatoms. The van der Waals surface area contributed by atoms with E-state index in [0.29, 0.717) is 6.07 Å². The number of hydrogen-bond acceptors (Lipinski definition) is 4. The van der Waals surface area contributed by atoms with Crippen molar-refractivity contribution in [2.75, 3.05) is 6.54 Å². The molecule has 1 N–H and O–H groups in total. The van der Waals surface area contributed by atoms with Crippen LogP contribution in [0.15, 0.2) is 23.1 Å². The summed E-state index contributed by atoms with van der Waals surface area (Å²) in [4.78, 5) is 9.39. The van der Waals surface area contributed by atoms with Gasteiger partial charge in [0.15, 0.2) is 4.90 Å². The third-order valence-corrected chi connectivity index (χ3v) is 4.59. The molecule has 0 saturated heterocycles. The Balaban J connectivity index is 3.07. The van der Waals surface area contributed by atoms with E-state index in [1.807, 2.05) is 13.8 Å². The van der Waals surface area contributed by atoms with Crippen molar-refractivity contribution in [2.24, 2.45) is 5.92 Å². The maximum Gasteiger partial charge on any atom is 0.292 e. The zero-order valence-corrected chi connectivity index (χ0v) is 12.1. The van der Waals surface area contributed by atoms with Crippen molar-refractivity contribution in [2.45, 2.75) is 31.6 Å². The third-order valence-electron chi connectivity index (χ3n) is 3.12. The minimum absolute atomic E-state index is 0.157. The Morgan fingerprint density at radius 3 is 2.45 bits per heavy atom. The molecule has 0 aromatic heterocycles. The molecule has 1 aromatic rings. The van der Waals surface area contributed by atoms with Gasteiger partial charge in [-0.25, -0.2) is 17.5 Å². The van der Waals surface area contributed by atoms with E-state index in [0.717, 1.165) is 25.0 Å². The molecule has 6 nitrogen and oxygen atoms in total. The van der Waals surface area contributed by atoms with Crippen LogP contribution in [0.1, 0.15) is 26.7 Å². The van der Waals surface area contributed by atoms with Gasteiger partial charge in [0.2, 0.25) is 10.0 Å². The summed E-state index contributed by atoms with van der Waals surface area (Å²) in [7, 11) is -4.03. The number of nitrogens with zero attached hydrogens (tertiary/aromatic N) is 1. The molecule has 1 aromatic carbocycles. The summed E-state index contributed by atoms with van der Waals surface area (Å²) < 4.78 is 39.5. The van der Waals surface area contributed by atoms with Gasteiger partial charge in [0, 0.05) is 6.54 Å². The van der Waals surface area contributed by atoms with Crippen LogP contribution in [0.25, 0.3) is 0 Å². The Morgan fingerprint density at radius 2 is 1.95 bits per heavy atom. The smallest absolute Gasteiger partial charge is 0.258 e. The van der Waals surface area contributed by atoms with Gasteiger partial charge < -0.3 is 0 Å². The predicted octanol–water partition coefficient (Wildman–Crippen LogP) is 2.45. The summed E-state index contributed by atoms with van der Waals surface area (Å²) in [6.45, 7) is 4.06. The first-order valence-electron chi connectivity index (χ1n) is 6.25. The average molecular weight is 304 g/mol. The highest BCUT2D eigenvalue weighted by molar-refractivity contribution is 7.89. The third kappa shape index (κ3) is 3.97. The highest BCUT2D eigenvalue weighted by Crippen LogP contribution is 2.24. The Bertz CT molecular complexity index is 585. The van der Waals surface area contributed by atoms with Crippen LogP contribution in [-0.4, -0.2) is 19.9 Å². The summed E-state index contributed by atoms with van der Waals surface area (Å²) in [6, 6.07) is 2.40. The van der Waals surface area contributed by atoms with Crippen molar-refractivity contribution in [1.29, 1.82) is 0 Å². The first-order valence-corrected chi connectivity index (χ1v) is 7.73. The lowest BCUT2D eigenvalue weighted by atomic mass is 10.0. The van der Waals surface area contributed by atoms with E-state index < -0.39 is 31.3 Å². The molecule has 0 amide bonds. The second-order valence-corrected chi connectivity index (χ2v) is 6.14. The molecule has 0 bridgehead atoms. The maximum absolute atomic E-state index is 13.0. The van der Waals surface area contributed by atoms with Crippen molar-refractivity contribution in [3.63, 3.8) is 0 Å². The van der Waals surface area contributed by atoms with Gasteiger partial charge in [-0.15, -0.1) is 0 Å². The second kappa shape index (κ2) is 6.76. The van der Waals surface area contributed by atoms with Crippen molar-refractivity contribution < 1.29 is 17.7 Å². The fourth-order valence-electron chi connectivity index (χ4n) is 1.74. The van der Waals surface area contributed by atoms with Crippen LogP contribution in [0.3, 0.4) is 0 Å². The number of nitro groups is 1. The predicted molar refractivity (Wildman–Crippen MR) is 72.3 cm³/mol. The normalized spacial score (nSPS) is 11.8. The number of sulfonamides is 1. The van der Waals surface area contributed by atoms with Crippen molar-refractivity contribution >= 4 is 15.7 Å². The molecule has 0 unspecified atom stereocenters. The standard InChI is InChI=1S/C12H17FN2O4S/c1-3-9(4-2)8-14-20(18,19)12-6-5-10(13)7-11(12)15(16)17/h5-7,9,14H,3-4,8H2,1-2H3. The number of nitro benzene ring substituents is 1. The molecule has 0 aliphatic carbocycles. The molecule has 0 aliphatic rings. The number of hydrogen-bond donors (Lipinski definition) is 1. The average Bonchev–Trinajstić information content (AvgIpc) is 2.39. The number of halogens is 1. The molecule has 0 atom stereocenters. The van der Waals surface area contributed by atoms with E-state index in [1.165, 1.54) is 0 Å². The quantitative estimate of drug-likeness (QED) is 0.619. The highest BCUT2D eigenvalue weighted by Gasteiger charge is 2.26. The summed E-state index contributed by atoms with van der Waals surface area (Å²) in [5.74, 6) is -0.695. The molecule has 0 heterocycles. The van der Waals surface area contributed by atoms with E-state index >= 15 is 0 Å². The fraction of sp³-hybridized carbons (Fsp3) is 0.500. The SMILES string of the molecule is CCC(CC)CNS(=O)(=O)c1ccc(F)cc1[N+](=O)[O-]. The second-order valence-electron chi connectivity index (χ2n) is 4.40. The molecule has 0 saturated carbocycles. The molecule has 0 spiro atoms. The molecule has 0 fully saturated rings. The van der Waals surface area contributed by atoms with Crippen LogP contribution in [0.4, 0.5) is 10.1 Å². The summed E-state index contributed by atoms with van der Waals surface area (Å²) in [6.07, 6.45) is 1.59. The first-order chi connectivity index (χ1) is 9.31. The molecule has 0 radical (unpaired) electrons. The van der Waals surface area contributed by atoms with Gasteiger partial charge in [0.05, 0.1) is 11.0 Å². The topological polar surface area (TPSA) is 89.3 Å². The number of nitrogens with one attached hydrogen (secondary N) is 1. The van der Waals surface area contributed by atoms with Gasteiger partial charge in [-0.1, -0.05) is 26.7 Å². The monoisotopic (exact) mass is 304 g/mol. The molecular formula is C12H17FN2O4S. The van der Waals surface area contributed by atoms with Crippen molar-refractivity contribution in [3.8, 4) is 0 Å². The maximum atomic E-state index is 13.0. The largest absolute Gasteiger partial charge is 0.292 e. The summed E-state index contributed by atoms with van der Waals surface area (Å²) in [5, 5.41) is 10.8. The number of benzene rings is 1. The van der Waals surface area contributed by atoms with Crippen LogP contribution < -0.4 is 4.72 Å². The number of rotatable bonds is 7. The van der Waals surface area contributed by atoms with Crippen LogP contribution >= 0.6 is 0 Å². The van der Waals surface area contributed by atoms with Crippen LogP contribution in [-0.2, 0) is 10.0 Å². The van der Waals surface area contributed by atoms with Crippen molar-refractivity contribution in [1.82, 2.24) is 4.72 Å². The van der Waals surface area contributed by atoms with E-state index in [9.17, 15) is 22.9 Å². The van der Waals surface area contributed by atoms with Crippen LogP contribution in [0.2, 0.25) is 0 Å². The van der Waals surface area contributed by atoms with E-state index in [4.69, 9.17) is 0 Å². The lowest BCUT2D eigenvalue weighted by Crippen LogP contribution is -2.29. The molecule has 20 heavy (non-hydrogen) atoms. The molecular weight excluding hydrogens is 287 g/mol. The van der Waals surface area contributed by atoms with Gasteiger partial charge in [0.25, 0.3) is 5.69 Å². The van der Waals surface area contributed by atoms with E-state index in [-0.39, 0.29) is 12.5 Å². The molecule has 1 rings (SSSR count). The minimum Gasteiger partial charge on any atom is -0.258 e. The molecule has 112 valence electrons. The Morgan fingerprint density at radius 1 is 1.35 bits per heavy atom. The highest BCUT2D eigenvalue weighted by atomic mass is 32.2. The Hall–Kier alpha value is -1.54. The minimum atomic E-state index is -4.03. The van der Waals surface area contributed by atoms with Gasteiger partial charge >= 0.3 is 0 Å². The zero-order chi connectivity index (χ0) is 15.3. The van der Waals surface area contributed by atoms with Crippen molar-refractivity contribution in [3.05, 3.63) is 34.1 Å². The lowest BCUT2D eigenvalue weighted by molar-refractivity contribution is -0.388. The lowest BCUT2D eigenvalue weighted by Gasteiger charge is -2.13. The first kappa shape index (κ1) is 16.5. The zero-order valence-electron chi connectivity index (χ0n) is 11.3. The van der Waals surface area contributed by atoms with Gasteiger partial charge in [-0.05, 0) is 18.1 Å². The van der Waals surface area contributed by atoms with Gasteiger partial charge in [-0.3, -0.25) is 10.1 Å². The van der Waals surface area contributed by atoms with Gasteiger partial charge in [0.1, 0.15) is 5.82 Å².